The summed E-state index contributed by atoms with van der Waals surface area (Å²) in [7, 11) is 0. The Morgan fingerprint density at radius 2 is 1.48 bits per heavy atom. The van der Waals surface area contributed by atoms with E-state index in [0.29, 0.717) is 6.54 Å². The van der Waals surface area contributed by atoms with Crippen LogP contribution in [0.2, 0.25) is 0 Å². The van der Waals surface area contributed by atoms with Crippen molar-refractivity contribution < 1.29 is 19.1 Å². The van der Waals surface area contributed by atoms with Crippen LogP contribution in [0.3, 0.4) is 0 Å². The number of nitrogens with zero attached hydrogens (tertiary/aromatic N) is 1. The van der Waals surface area contributed by atoms with Gasteiger partial charge in [-0.15, -0.1) is 0 Å². The van der Waals surface area contributed by atoms with Crippen LogP contribution >= 0.6 is 0 Å². The van der Waals surface area contributed by atoms with Crippen LogP contribution < -0.4 is 10.6 Å². The lowest BCUT2D eigenvalue weighted by atomic mass is 9.96. The Kier molecular flexibility index (Phi) is 13.1. The van der Waals surface area contributed by atoms with Gasteiger partial charge in [-0.25, -0.2) is 4.79 Å². The van der Waals surface area contributed by atoms with E-state index in [4.69, 9.17) is 4.74 Å². The predicted molar refractivity (Wildman–Crippen MR) is 172 cm³/mol. The third kappa shape index (κ3) is 10.2. The van der Waals surface area contributed by atoms with E-state index in [1.165, 1.54) is 0 Å². The lowest BCUT2D eigenvalue weighted by Gasteiger charge is -2.36. The monoisotopic (exact) mass is 579 g/mol. The fourth-order valence-corrected chi connectivity index (χ4v) is 4.99. The van der Waals surface area contributed by atoms with E-state index in [2.05, 4.69) is 17.6 Å². The summed E-state index contributed by atoms with van der Waals surface area (Å²) in [6, 6.07) is 10.1. The van der Waals surface area contributed by atoms with Crippen molar-refractivity contribution in [1.29, 1.82) is 0 Å². The van der Waals surface area contributed by atoms with Gasteiger partial charge < -0.3 is 20.3 Å². The predicted octanol–water partition coefficient (Wildman–Crippen LogP) is 7.95. The second-order valence-corrected chi connectivity index (χ2v) is 12.8. The van der Waals surface area contributed by atoms with E-state index in [1.54, 1.807) is 25.7 Å². The molecule has 0 radical (unpaired) electrons. The molecule has 0 saturated carbocycles. The van der Waals surface area contributed by atoms with Gasteiger partial charge >= 0.3 is 6.09 Å². The fourth-order valence-electron chi connectivity index (χ4n) is 4.99. The number of unbranched alkanes of at least 4 members (excludes halogenated alkanes) is 4. The van der Waals surface area contributed by atoms with E-state index in [1.807, 2.05) is 77.9 Å². The number of alkyl carbamates (subject to hydrolysis) is 1. The first-order valence-corrected chi connectivity index (χ1v) is 15.4. The minimum atomic E-state index is -0.885. The molecule has 42 heavy (non-hydrogen) atoms. The molecule has 7 nitrogen and oxygen atoms in total. The van der Waals surface area contributed by atoms with E-state index < -0.39 is 23.8 Å². The number of anilines is 1. The number of rotatable bonds is 13. The Labute approximate surface area is 253 Å². The van der Waals surface area contributed by atoms with Gasteiger partial charge in [0.05, 0.1) is 0 Å². The van der Waals surface area contributed by atoms with Gasteiger partial charge in [0.25, 0.3) is 5.91 Å². The first kappa shape index (κ1) is 34.8. The first-order chi connectivity index (χ1) is 19.7. The molecule has 7 heteroatoms. The van der Waals surface area contributed by atoms with Gasteiger partial charge in [-0.05, 0) is 88.6 Å². The molecule has 0 aliphatic heterocycles. The zero-order valence-corrected chi connectivity index (χ0v) is 27.5. The van der Waals surface area contributed by atoms with Gasteiger partial charge in [0.1, 0.15) is 17.7 Å². The Morgan fingerprint density at radius 1 is 0.857 bits per heavy atom. The molecule has 3 amide bonds. The fraction of sp³-hybridized carbons (Fsp3) is 0.571. The molecule has 2 rings (SSSR count). The highest BCUT2D eigenvalue weighted by atomic mass is 16.6. The molecule has 2 N–H and O–H groups in total. The molecule has 0 spiro atoms. The maximum atomic E-state index is 14.4. The molecule has 2 unspecified atom stereocenters. The first-order valence-electron chi connectivity index (χ1n) is 15.4. The molecule has 0 saturated heterocycles. The highest BCUT2D eigenvalue weighted by Gasteiger charge is 2.37. The van der Waals surface area contributed by atoms with Crippen molar-refractivity contribution in [2.45, 2.75) is 119 Å². The molecule has 0 heterocycles. The van der Waals surface area contributed by atoms with E-state index in [0.717, 1.165) is 65.6 Å². The standard InChI is InChI=1S/C35H53N3O4/c1-11-12-13-14-15-21-38(33(40)29(23(2)3)37-34(41)42-35(8,9)10)31(28-20-19-24(4)27(7)22-28)32(39)36-30-25(5)17-16-18-26(30)6/h16-20,22-23,29,31H,11-15,21H2,1-10H3,(H,36,39)(H,37,41). The number of aryl methyl sites for hydroxylation is 4. The molecule has 232 valence electrons. The Hall–Kier alpha value is -3.35. The molecule has 0 aliphatic carbocycles. The molecular formula is C35H53N3O4. The summed E-state index contributed by atoms with van der Waals surface area (Å²) >= 11 is 0. The highest BCUT2D eigenvalue weighted by Crippen LogP contribution is 2.29. The molecular weight excluding hydrogens is 526 g/mol. The second kappa shape index (κ2) is 15.8. The van der Waals surface area contributed by atoms with Crippen LogP contribution in [0.4, 0.5) is 10.5 Å². The number of hydrogen-bond donors (Lipinski definition) is 2. The highest BCUT2D eigenvalue weighted by molar-refractivity contribution is 6.00. The van der Waals surface area contributed by atoms with Crippen molar-refractivity contribution in [3.8, 4) is 0 Å². The van der Waals surface area contributed by atoms with Crippen molar-refractivity contribution in [1.82, 2.24) is 10.2 Å². The summed E-state index contributed by atoms with van der Waals surface area (Å²) in [5.41, 5.74) is 4.83. The van der Waals surface area contributed by atoms with Crippen LogP contribution in [0, 0.1) is 33.6 Å². The van der Waals surface area contributed by atoms with Crippen molar-refractivity contribution in [2.24, 2.45) is 5.92 Å². The molecule has 0 aromatic heterocycles. The summed E-state index contributed by atoms with van der Waals surface area (Å²) in [4.78, 5) is 43.2. The quantitative estimate of drug-likeness (QED) is 0.236. The van der Waals surface area contributed by atoms with Crippen molar-refractivity contribution in [2.75, 3.05) is 11.9 Å². The van der Waals surface area contributed by atoms with Crippen LogP contribution in [0.5, 0.6) is 0 Å². The minimum Gasteiger partial charge on any atom is -0.444 e. The van der Waals surface area contributed by atoms with Crippen LogP contribution in [-0.4, -0.2) is 41.0 Å². The lowest BCUT2D eigenvalue weighted by molar-refractivity contribution is -0.141. The Bertz CT molecular complexity index is 1190. The number of benzene rings is 2. The second-order valence-electron chi connectivity index (χ2n) is 12.8. The van der Waals surface area contributed by atoms with Gasteiger partial charge in [0.15, 0.2) is 0 Å². The van der Waals surface area contributed by atoms with Gasteiger partial charge in [-0.3, -0.25) is 9.59 Å². The molecule has 2 atom stereocenters. The number of para-hydroxylation sites is 1. The maximum absolute atomic E-state index is 14.4. The minimum absolute atomic E-state index is 0.227. The van der Waals surface area contributed by atoms with E-state index in [-0.39, 0.29) is 17.7 Å². The smallest absolute Gasteiger partial charge is 0.408 e. The van der Waals surface area contributed by atoms with E-state index >= 15 is 0 Å². The summed E-state index contributed by atoms with van der Waals surface area (Å²) in [5.74, 6) is -0.807. The number of ether oxygens (including phenoxy) is 1. The molecule has 0 fully saturated rings. The van der Waals surface area contributed by atoms with Crippen LogP contribution in [0.25, 0.3) is 0 Å². The summed E-state index contributed by atoms with van der Waals surface area (Å²) in [6.07, 6.45) is 4.34. The van der Waals surface area contributed by atoms with Crippen LogP contribution in [0.1, 0.15) is 108 Å². The molecule has 0 aliphatic rings. The third-order valence-electron chi connectivity index (χ3n) is 7.53. The van der Waals surface area contributed by atoms with Crippen molar-refractivity contribution >= 4 is 23.6 Å². The Morgan fingerprint density at radius 3 is 2.02 bits per heavy atom. The average molecular weight is 580 g/mol. The SMILES string of the molecule is CCCCCCCN(C(=O)C(NC(=O)OC(C)(C)C)C(C)C)C(C(=O)Nc1c(C)cccc1C)c1ccc(C)c(C)c1. The average Bonchev–Trinajstić information content (AvgIpc) is 2.89. The summed E-state index contributed by atoms with van der Waals surface area (Å²) < 4.78 is 5.50. The normalized spacial score (nSPS) is 12.9. The van der Waals surface area contributed by atoms with Crippen LogP contribution in [0.15, 0.2) is 36.4 Å². The summed E-state index contributed by atoms with van der Waals surface area (Å²) in [6.45, 7) is 19.7. The number of amides is 3. The van der Waals surface area contributed by atoms with Gasteiger partial charge in [-0.1, -0.05) is 82.9 Å². The molecule has 2 aromatic carbocycles. The topological polar surface area (TPSA) is 87.7 Å². The summed E-state index contributed by atoms with van der Waals surface area (Å²) in [5, 5.41) is 5.97. The zero-order valence-electron chi connectivity index (χ0n) is 27.5. The van der Waals surface area contributed by atoms with Gasteiger partial charge in [-0.2, -0.15) is 0 Å². The maximum Gasteiger partial charge on any atom is 0.408 e. The molecule has 0 bridgehead atoms. The number of hydrogen-bond acceptors (Lipinski definition) is 4. The Balaban J connectivity index is 2.60. The van der Waals surface area contributed by atoms with Crippen molar-refractivity contribution in [3.05, 3.63) is 64.2 Å². The lowest BCUT2D eigenvalue weighted by Crippen LogP contribution is -2.54. The van der Waals surface area contributed by atoms with E-state index in [9.17, 15) is 14.4 Å². The molecule has 2 aromatic rings. The number of carbonyl (C=O) groups is 3. The van der Waals surface area contributed by atoms with Gasteiger partial charge in [0, 0.05) is 12.2 Å². The van der Waals surface area contributed by atoms with Gasteiger partial charge in [0.2, 0.25) is 5.91 Å². The zero-order chi connectivity index (χ0) is 31.6. The van der Waals surface area contributed by atoms with Crippen molar-refractivity contribution in [3.63, 3.8) is 0 Å². The third-order valence-corrected chi connectivity index (χ3v) is 7.53. The number of nitrogens with one attached hydrogen (secondary N) is 2. The van der Waals surface area contributed by atoms with Crippen LogP contribution in [-0.2, 0) is 14.3 Å². The largest absolute Gasteiger partial charge is 0.444 e. The number of carbonyl (C=O) groups excluding carboxylic acids is 3.